The van der Waals surface area contributed by atoms with E-state index in [1.165, 1.54) is 36.2 Å². The minimum atomic E-state index is -0.492. The number of halogens is 1. The molecule has 1 aliphatic carbocycles. The highest BCUT2D eigenvalue weighted by molar-refractivity contribution is 7.18. The van der Waals surface area contributed by atoms with Gasteiger partial charge in [0.2, 0.25) is 0 Å². The van der Waals surface area contributed by atoms with E-state index in [0.717, 1.165) is 28.3 Å². The number of aryl methyl sites for hydroxylation is 1. The molecule has 1 heterocycles. The van der Waals surface area contributed by atoms with Gasteiger partial charge in [-0.15, -0.1) is 11.3 Å². The second-order valence-corrected chi connectivity index (χ2v) is 6.66. The second kappa shape index (κ2) is 7.56. The van der Waals surface area contributed by atoms with Gasteiger partial charge in [-0.2, -0.15) is 5.26 Å². The summed E-state index contributed by atoms with van der Waals surface area (Å²) < 4.78 is 13.5. The monoisotopic (exact) mass is 351 g/mol. The van der Waals surface area contributed by atoms with E-state index in [0.29, 0.717) is 0 Å². The fourth-order valence-corrected chi connectivity index (χ4v) is 4.09. The third-order valence-electron chi connectivity index (χ3n) is 4.25. The van der Waals surface area contributed by atoms with Crippen LogP contribution in [0.1, 0.15) is 23.1 Å². The highest BCUT2D eigenvalue weighted by Crippen LogP contribution is 2.37. The van der Waals surface area contributed by atoms with Gasteiger partial charge in [0.25, 0.3) is 0 Å². The summed E-state index contributed by atoms with van der Waals surface area (Å²) in [6.45, 7) is 0. The first-order chi connectivity index (χ1) is 12.3. The molecule has 0 saturated heterocycles. The van der Waals surface area contributed by atoms with Crippen molar-refractivity contribution >= 4 is 11.3 Å². The minimum Gasteiger partial charge on any atom is -0.333 e. The first-order valence-corrected chi connectivity index (χ1v) is 8.92. The molecule has 0 radical (unpaired) electrons. The zero-order chi connectivity index (χ0) is 17.8. The molecule has 3 nitrogen and oxygen atoms in total. The smallest absolute Gasteiger partial charge is 0.140 e. The largest absolute Gasteiger partial charge is 0.333 e. The quantitative estimate of drug-likeness (QED) is 0.736. The Balaban J connectivity index is 0.000000880. The van der Waals surface area contributed by atoms with E-state index in [-0.39, 0.29) is 5.56 Å². The summed E-state index contributed by atoms with van der Waals surface area (Å²) in [5, 5.41) is 9.78. The van der Waals surface area contributed by atoms with Gasteiger partial charge in [-0.1, -0.05) is 18.2 Å². The van der Waals surface area contributed by atoms with Crippen LogP contribution in [0.3, 0.4) is 0 Å². The molecule has 0 aliphatic heterocycles. The molecule has 0 fully saturated rings. The molecule has 0 atom stereocenters. The Morgan fingerprint density at radius 1 is 1.20 bits per heavy atom. The summed E-state index contributed by atoms with van der Waals surface area (Å²) in [7, 11) is 1.50. The van der Waals surface area contributed by atoms with Gasteiger partial charge in [0.05, 0.1) is 10.4 Å². The van der Waals surface area contributed by atoms with Gasteiger partial charge in [-0.3, -0.25) is 0 Å². The number of nitrogens with zero attached hydrogens (tertiary/aromatic N) is 2. The topological polar surface area (TPSA) is 62.7 Å². The summed E-state index contributed by atoms with van der Waals surface area (Å²) in [5.41, 5.74) is 9.46. The van der Waals surface area contributed by atoms with Crippen LogP contribution in [-0.4, -0.2) is 12.0 Å². The second-order valence-electron chi connectivity index (χ2n) is 5.63. The van der Waals surface area contributed by atoms with Crippen molar-refractivity contribution in [3.05, 3.63) is 65.1 Å². The van der Waals surface area contributed by atoms with Crippen molar-refractivity contribution in [3.63, 3.8) is 0 Å². The zero-order valence-electron chi connectivity index (χ0n) is 13.9. The van der Waals surface area contributed by atoms with Gasteiger partial charge >= 0.3 is 0 Å². The van der Waals surface area contributed by atoms with Crippen molar-refractivity contribution in [2.24, 2.45) is 5.73 Å². The van der Waals surface area contributed by atoms with Crippen molar-refractivity contribution in [2.75, 3.05) is 7.05 Å². The number of fused-ring (bicyclic) bond motifs is 1. The van der Waals surface area contributed by atoms with Crippen molar-refractivity contribution in [2.45, 2.75) is 19.3 Å². The first kappa shape index (κ1) is 17.3. The normalized spacial score (nSPS) is 12.1. The van der Waals surface area contributed by atoms with E-state index in [1.807, 2.05) is 12.3 Å². The molecule has 0 saturated carbocycles. The van der Waals surface area contributed by atoms with E-state index in [2.05, 4.69) is 28.9 Å². The maximum absolute atomic E-state index is 13.5. The Morgan fingerprint density at radius 3 is 2.84 bits per heavy atom. The first-order valence-electron chi connectivity index (χ1n) is 8.11. The Bertz CT molecular complexity index is 940. The summed E-state index contributed by atoms with van der Waals surface area (Å²) >= 11 is 1.59. The lowest BCUT2D eigenvalue weighted by Crippen LogP contribution is -1.85. The van der Waals surface area contributed by atoms with Gasteiger partial charge in [-0.05, 0) is 61.2 Å². The Kier molecular flexibility index (Phi) is 5.22. The molecular formula is C20H18FN3S. The fourth-order valence-electron chi connectivity index (χ4n) is 3.13. The Labute approximate surface area is 150 Å². The number of nitrogens with two attached hydrogens (primary N) is 1. The van der Waals surface area contributed by atoms with Crippen LogP contribution >= 0.6 is 11.3 Å². The van der Waals surface area contributed by atoms with E-state index >= 15 is 0 Å². The predicted octanol–water partition coefficient (Wildman–Crippen LogP) is 4.55. The van der Waals surface area contributed by atoms with Crippen LogP contribution < -0.4 is 5.73 Å². The average Bonchev–Trinajstić information content (AvgIpc) is 3.33. The van der Waals surface area contributed by atoms with E-state index in [4.69, 9.17) is 5.26 Å². The maximum atomic E-state index is 13.5. The summed E-state index contributed by atoms with van der Waals surface area (Å²) in [5.74, 6) is -0.492. The molecule has 25 heavy (non-hydrogen) atoms. The van der Waals surface area contributed by atoms with Crippen molar-refractivity contribution < 1.29 is 4.39 Å². The SMILES string of the molecule is CN.N#Cc1cc(-c2ncc(-c3cccc4c3CCC4)s2)ccc1F. The van der Waals surface area contributed by atoms with E-state index < -0.39 is 5.82 Å². The molecule has 0 bridgehead atoms. The van der Waals surface area contributed by atoms with Crippen molar-refractivity contribution in [1.29, 1.82) is 5.26 Å². The number of nitriles is 1. The Hall–Kier alpha value is -2.55. The van der Waals surface area contributed by atoms with Crippen LogP contribution in [0.25, 0.3) is 21.0 Å². The predicted molar refractivity (Wildman–Crippen MR) is 99.8 cm³/mol. The molecule has 0 spiro atoms. The third-order valence-corrected chi connectivity index (χ3v) is 5.33. The number of hydrogen-bond donors (Lipinski definition) is 1. The zero-order valence-corrected chi connectivity index (χ0v) is 14.7. The number of hydrogen-bond acceptors (Lipinski definition) is 4. The molecule has 3 aromatic rings. The number of thiazole rings is 1. The minimum absolute atomic E-state index is 0.0554. The number of benzene rings is 2. The van der Waals surface area contributed by atoms with Gasteiger partial charge < -0.3 is 5.73 Å². The van der Waals surface area contributed by atoms with Crippen LogP contribution in [0, 0.1) is 17.1 Å². The molecule has 4 rings (SSSR count). The van der Waals surface area contributed by atoms with Crippen LogP contribution in [0.4, 0.5) is 4.39 Å². The van der Waals surface area contributed by atoms with Crippen LogP contribution in [0.2, 0.25) is 0 Å². The standard InChI is InChI=1S/C19H13FN2S.CH5N/c20-17-8-7-13(9-14(17)10-21)19-22-11-18(23-19)16-6-2-4-12-3-1-5-15(12)16;1-2/h2,4,6-9,11H,1,3,5H2;2H2,1H3. The molecule has 1 aliphatic rings. The van der Waals surface area contributed by atoms with E-state index in [9.17, 15) is 4.39 Å². The summed E-state index contributed by atoms with van der Waals surface area (Å²) in [6.07, 6.45) is 5.36. The third kappa shape index (κ3) is 3.32. The van der Waals surface area contributed by atoms with Gasteiger partial charge in [0, 0.05) is 11.8 Å². The van der Waals surface area contributed by atoms with Gasteiger partial charge in [0.1, 0.15) is 16.9 Å². The highest BCUT2D eigenvalue weighted by Gasteiger charge is 2.17. The van der Waals surface area contributed by atoms with Crippen LogP contribution in [0.15, 0.2) is 42.6 Å². The van der Waals surface area contributed by atoms with Gasteiger partial charge in [0.15, 0.2) is 0 Å². The molecule has 1 aromatic heterocycles. The number of aromatic nitrogens is 1. The lowest BCUT2D eigenvalue weighted by atomic mass is 10.0. The average molecular weight is 351 g/mol. The molecule has 126 valence electrons. The molecular weight excluding hydrogens is 333 g/mol. The van der Waals surface area contributed by atoms with Crippen molar-refractivity contribution in [3.8, 4) is 27.1 Å². The lowest BCUT2D eigenvalue weighted by Gasteiger charge is -2.05. The molecule has 0 unspecified atom stereocenters. The van der Waals surface area contributed by atoms with Crippen LogP contribution in [-0.2, 0) is 12.8 Å². The highest BCUT2D eigenvalue weighted by atomic mass is 32.1. The summed E-state index contributed by atoms with van der Waals surface area (Å²) in [4.78, 5) is 5.61. The molecule has 2 N–H and O–H groups in total. The summed E-state index contributed by atoms with van der Waals surface area (Å²) in [6, 6.07) is 12.9. The van der Waals surface area contributed by atoms with Crippen molar-refractivity contribution in [1.82, 2.24) is 4.98 Å². The van der Waals surface area contributed by atoms with Gasteiger partial charge in [-0.25, -0.2) is 9.37 Å². The molecule has 2 aromatic carbocycles. The maximum Gasteiger partial charge on any atom is 0.140 e. The van der Waals surface area contributed by atoms with Crippen LogP contribution in [0.5, 0.6) is 0 Å². The molecule has 0 amide bonds. The fraction of sp³-hybridized carbons (Fsp3) is 0.200. The lowest BCUT2D eigenvalue weighted by molar-refractivity contribution is 0.624. The number of rotatable bonds is 2. The molecule has 5 heteroatoms. The van der Waals surface area contributed by atoms with E-state index in [1.54, 1.807) is 23.5 Å². The Morgan fingerprint density at radius 2 is 2.04 bits per heavy atom.